The topological polar surface area (TPSA) is 23.6 Å². The van der Waals surface area contributed by atoms with Crippen molar-refractivity contribution in [1.29, 1.82) is 0 Å². The molecule has 4 heteroatoms. The van der Waals surface area contributed by atoms with Gasteiger partial charge in [0.25, 0.3) is 0 Å². The Morgan fingerprint density at radius 3 is 2.00 bits per heavy atom. The number of benzene rings is 4. The largest absolute Gasteiger partial charge is 0.303 e. The molecule has 2 aliphatic rings. The summed E-state index contributed by atoms with van der Waals surface area (Å²) < 4.78 is 15.5. The molecule has 0 spiro atoms. The van der Waals surface area contributed by atoms with Crippen molar-refractivity contribution >= 4 is 21.8 Å². The van der Waals surface area contributed by atoms with Gasteiger partial charge in [-0.05, 0) is 72.2 Å². The first kappa shape index (κ1) is 25.8. The third-order valence-electron chi connectivity index (χ3n) is 7.91. The third kappa shape index (κ3) is 6.75. The Kier molecular flexibility index (Phi) is 8.83. The highest BCUT2D eigenvalue weighted by Gasteiger charge is 2.35. The van der Waals surface area contributed by atoms with E-state index in [-0.39, 0.29) is 0 Å². The summed E-state index contributed by atoms with van der Waals surface area (Å²) in [5.41, 5.74) is 1.49. The smallest absolute Gasteiger partial charge is 0.127 e. The summed E-state index contributed by atoms with van der Waals surface area (Å²) in [7, 11) is -1.08. The number of nitrogens with zero attached hydrogens (tertiary/aromatic N) is 2. The second kappa shape index (κ2) is 12.6. The van der Waals surface area contributed by atoms with E-state index in [2.05, 4.69) is 70.7 Å². The van der Waals surface area contributed by atoms with Gasteiger partial charge < -0.3 is 4.90 Å². The zero-order chi connectivity index (χ0) is 25.5. The second-order valence-corrected chi connectivity index (χ2v) is 12.0. The van der Waals surface area contributed by atoms with E-state index in [0.29, 0.717) is 17.8 Å². The van der Waals surface area contributed by atoms with Gasteiger partial charge in [0.05, 0.1) is 4.90 Å². The molecule has 6 rings (SSSR count). The number of piperidine rings is 1. The third-order valence-corrected chi connectivity index (χ3v) is 9.33. The highest BCUT2D eigenvalue weighted by Crippen LogP contribution is 2.32. The lowest BCUT2D eigenvalue weighted by atomic mass is 9.88. The van der Waals surface area contributed by atoms with Gasteiger partial charge in [-0.2, -0.15) is 0 Å². The van der Waals surface area contributed by atoms with Crippen molar-refractivity contribution in [3.05, 3.63) is 115 Å². The van der Waals surface area contributed by atoms with Crippen molar-refractivity contribution in [2.75, 3.05) is 32.7 Å². The number of rotatable bonds is 5. The molecule has 0 saturated carbocycles. The van der Waals surface area contributed by atoms with E-state index >= 15 is 0 Å². The van der Waals surface area contributed by atoms with E-state index in [1.165, 1.54) is 42.3 Å². The summed E-state index contributed by atoms with van der Waals surface area (Å²) in [4.78, 5) is 3.57. The fraction of sp³-hybridized carbons (Fsp3) is 0.333. The highest BCUT2D eigenvalue weighted by molar-refractivity contribution is 7.82. The van der Waals surface area contributed by atoms with Crippen molar-refractivity contribution in [3.8, 4) is 0 Å². The van der Waals surface area contributed by atoms with E-state index < -0.39 is 11.0 Å². The molecule has 37 heavy (non-hydrogen) atoms. The summed E-state index contributed by atoms with van der Waals surface area (Å²) >= 11 is 0. The second-order valence-electron chi connectivity index (χ2n) is 10.5. The van der Waals surface area contributed by atoms with Crippen LogP contribution >= 0.6 is 0 Å². The lowest BCUT2D eigenvalue weighted by molar-refractivity contribution is 0.174. The number of likely N-dealkylation sites (tertiary alicyclic amines) is 1. The summed E-state index contributed by atoms with van der Waals surface area (Å²) in [5, 5.41) is 2.37. The van der Waals surface area contributed by atoms with Crippen molar-refractivity contribution < 1.29 is 4.21 Å². The molecule has 4 aromatic rings. The fourth-order valence-electron chi connectivity index (χ4n) is 5.68. The van der Waals surface area contributed by atoms with E-state index in [1.54, 1.807) is 0 Å². The van der Waals surface area contributed by atoms with Gasteiger partial charge in [0.1, 0.15) is 11.0 Å². The van der Waals surface area contributed by atoms with Gasteiger partial charge in [-0.3, -0.25) is 0 Å². The molecule has 2 saturated heterocycles. The summed E-state index contributed by atoms with van der Waals surface area (Å²) in [6, 6.07) is 37.5. The zero-order valence-corrected chi connectivity index (χ0v) is 22.6. The average Bonchev–Trinajstić information content (AvgIpc) is 3.34. The van der Waals surface area contributed by atoms with Crippen LogP contribution in [0.15, 0.2) is 114 Å². The van der Waals surface area contributed by atoms with Gasteiger partial charge in [-0.25, -0.2) is 8.51 Å². The quantitative estimate of drug-likeness (QED) is 0.289. The molecular formula is C33H38N2OS. The number of hydrogen-bond acceptors (Lipinski definition) is 2. The fourth-order valence-corrected chi connectivity index (χ4v) is 7.08. The van der Waals surface area contributed by atoms with E-state index in [4.69, 9.17) is 0 Å². The van der Waals surface area contributed by atoms with Crippen molar-refractivity contribution in [2.24, 2.45) is 11.8 Å². The van der Waals surface area contributed by atoms with E-state index in [0.717, 1.165) is 24.5 Å². The minimum absolute atomic E-state index is 0.580. The zero-order valence-electron chi connectivity index (χ0n) is 21.8. The van der Waals surface area contributed by atoms with Crippen LogP contribution in [-0.4, -0.2) is 46.1 Å². The maximum Gasteiger partial charge on any atom is 0.127 e. The van der Waals surface area contributed by atoms with Crippen LogP contribution < -0.4 is 0 Å². The summed E-state index contributed by atoms with van der Waals surface area (Å²) in [6.07, 6.45) is 2.50. The maximum atomic E-state index is 13.3. The Labute approximate surface area is 224 Å². The van der Waals surface area contributed by atoms with Crippen LogP contribution in [0, 0.1) is 11.8 Å². The molecule has 4 aromatic carbocycles. The molecule has 0 bridgehead atoms. The molecule has 2 aliphatic heterocycles. The molecule has 2 fully saturated rings. The van der Waals surface area contributed by atoms with Crippen LogP contribution in [0.2, 0.25) is 0 Å². The Hall–Kier alpha value is -2.79. The van der Waals surface area contributed by atoms with Crippen LogP contribution in [0.3, 0.4) is 0 Å². The minimum atomic E-state index is -1.08. The van der Waals surface area contributed by atoms with Gasteiger partial charge in [0, 0.05) is 19.6 Å². The molecule has 192 valence electrons. The molecular weight excluding hydrogens is 472 g/mol. The Morgan fingerprint density at radius 2 is 1.32 bits per heavy atom. The van der Waals surface area contributed by atoms with Crippen LogP contribution in [0.5, 0.6) is 0 Å². The monoisotopic (exact) mass is 510 g/mol. The van der Waals surface area contributed by atoms with Crippen molar-refractivity contribution in [3.63, 3.8) is 0 Å². The molecule has 0 N–H and O–H groups in total. The molecule has 0 radical (unpaired) electrons. The minimum Gasteiger partial charge on any atom is -0.303 e. The predicted octanol–water partition coefficient (Wildman–Crippen LogP) is 7.00. The standard InChI is InChI=1S/C27H32N2OS.C6H6/c1-21-18-29(31(30)27-12-11-23-9-5-6-10-25(23)17-27)20-26(21)19-28-15-13-24(14-16-28)22-7-3-2-4-8-22;1-2-4-6-5-3-1/h2-12,17,21,24,26H,13-16,18-20H2,1H3;1-6H/t21?,26-,31?;/m0./s1. The lowest BCUT2D eigenvalue weighted by Crippen LogP contribution is -2.38. The number of hydrogen-bond donors (Lipinski definition) is 0. The molecule has 2 heterocycles. The first-order valence-corrected chi connectivity index (χ1v) is 14.7. The normalized spacial score (nSPS) is 21.9. The Morgan fingerprint density at radius 1 is 0.730 bits per heavy atom. The van der Waals surface area contributed by atoms with Crippen LogP contribution in [0.4, 0.5) is 0 Å². The summed E-state index contributed by atoms with van der Waals surface area (Å²) in [6.45, 7) is 7.67. The SMILES string of the molecule is CC1CN(S(=O)c2ccc3ccccc3c2)C[C@@H]1CN1CCC(c2ccccc2)CC1.c1ccccc1. The van der Waals surface area contributed by atoms with E-state index in [9.17, 15) is 4.21 Å². The Bertz CT molecular complexity index is 1240. The number of fused-ring (bicyclic) bond motifs is 1. The van der Waals surface area contributed by atoms with Crippen molar-refractivity contribution in [1.82, 2.24) is 9.21 Å². The lowest BCUT2D eigenvalue weighted by Gasteiger charge is -2.34. The average molecular weight is 511 g/mol. The van der Waals surface area contributed by atoms with Crippen LogP contribution in [0.1, 0.15) is 31.2 Å². The molecule has 0 aliphatic carbocycles. The molecule has 3 nitrogen and oxygen atoms in total. The van der Waals surface area contributed by atoms with E-state index in [1.807, 2.05) is 54.6 Å². The van der Waals surface area contributed by atoms with Crippen LogP contribution in [0.25, 0.3) is 10.8 Å². The molecule has 0 amide bonds. The van der Waals surface area contributed by atoms with Gasteiger partial charge in [0.2, 0.25) is 0 Å². The van der Waals surface area contributed by atoms with Gasteiger partial charge >= 0.3 is 0 Å². The molecule has 3 atom stereocenters. The Balaban J connectivity index is 0.000000412. The molecule has 0 aromatic heterocycles. The van der Waals surface area contributed by atoms with Gasteiger partial charge in [0.15, 0.2) is 0 Å². The first-order chi connectivity index (χ1) is 18.2. The first-order valence-electron chi connectivity index (χ1n) is 13.6. The van der Waals surface area contributed by atoms with Crippen molar-refractivity contribution in [2.45, 2.75) is 30.6 Å². The maximum absolute atomic E-state index is 13.3. The molecule has 2 unspecified atom stereocenters. The van der Waals surface area contributed by atoms with Gasteiger partial charge in [-0.1, -0.05) is 104 Å². The summed E-state index contributed by atoms with van der Waals surface area (Å²) in [5.74, 6) is 1.88. The van der Waals surface area contributed by atoms with Gasteiger partial charge in [-0.15, -0.1) is 0 Å². The predicted molar refractivity (Wildman–Crippen MR) is 156 cm³/mol. The van der Waals surface area contributed by atoms with Crippen LogP contribution in [-0.2, 0) is 11.0 Å². The highest BCUT2D eigenvalue weighted by atomic mass is 32.2.